The first-order chi connectivity index (χ1) is 14.2. The van der Waals surface area contributed by atoms with Crippen LogP contribution < -0.4 is 15.0 Å². The number of ether oxygens (including phenoxy) is 1. The molecule has 9 nitrogen and oxygen atoms in total. The number of carbonyl (C=O) groups excluding carboxylic acids is 2. The highest BCUT2D eigenvalue weighted by atomic mass is 35.5. The number of piperidine rings is 1. The van der Waals surface area contributed by atoms with Crippen molar-refractivity contribution < 1.29 is 25.3 Å². The van der Waals surface area contributed by atoms with Crippen LogP contribution in [0.1, 0.15) is 32.6 Å². The van der Waals surface area contributed by atoms with Crippen LogP contribution in [0.5, 0.6) is 5.75 Å². The third-order valence-electron chi connectivity index (χ3n) is 5.55. The van der Waals surface area contributed by atoms with Gasteiger partial charge in [0.15, 0.2) is 0 Å². The van der Waals surface area contributed by atoms with Gasteiger partial charge in [0.1, 0.15) is 5.75 Å². The number of para-hydroxylation sites is 2. The van der Waals surface area contributed by atoms with Crippen molar-refractivity contribution in [1.29, 1.82) is 0 Å². The standard InChI is InChI=1S/C22H34N4O3.ClH.2H2O/c1-2-17-29-20-8-4-3-7-19(20)25-15-13-24(14-16-25)12-10-23-21(27)18-26-11-6-5-9-22(26)28;;;/h3-4,7-8H,2,5-6,9-18H2,1H3,(H,23,27);1H;2*1H2. The zero-order valence-electron chi connectivity index (χ0n) is 19.0. The summed E-state index contributed by atoms with van der Waals surface area (Å²) in [4.78, 5) is 30.3. The second kappa shape index (κ2) is 15.7. The van der Waals surface area contributed by atoms with Gasteiger partial charge in [0.05, 0.1) is 18.8 Å². The van der Waals surface area contributed by atoms with Crippen molar-refractivity contribution in [2.75, 3.05) is 63.9 Å². The van der Waals surface area contributed by atoms with Gasteiger partial charge in [0.2, 0.25) is 11.8 Å². The van der Waals surface area contributed by atoms with E-state index in [9.17, 15) is 9.59 Å². The largest absolute Gasteiger partial charge is 0.491 e. The Balaban J connectivity index is 0.00000320. The lowest BCUT2D eigenvalue weighted by molar-refractivity contribution is -0.137. The molecule has 0 saturated carbocycles. The van der Waals surface area contributed by atoms with Crippen LogP contribution in [0.2, 0.25) is 0 Å². The van der Waals surface area contributed by atoms with Crippen LogP contribution in [0, 0.1) is 0 Å². The third-order valence-corrected chi connectivity index (χ3v) is 5.55. The number of amides is 2. The minimum atomic E-state index is -0.0547. The van der Waals surface area contributed by atoms with Gasteiger partial charge in [-0.1, -0.05) is 19.1 Å². The number of hydrogen-bond donors (Lipinski definition) is 1. The van der Waals surface area contributed by atoms with E-state index in [0.717, 1.165) is 64.3 Å². The van der Waals surface area contributed by atoms with E-state index in [2.05, 4.69) is 34.2 Å². The maximum Gasteiger partial charge on any atom is 0.239 e. The molecule has 0 spiro atoms. The van der Waals surface area contributed by atoms with Crippen LogP contribution >= 0.6 is 12.4 Å². The van der Waals surface area contributed by atoms with Crippen LogP contribution in [-0.2, 0) is 9.59 Å². The first-order valence-corrected chi connectivity index (χ1v) is 10.9. The van der Waals surface area contributed by atoms with Gasteiger partial charge in [-0.3, -0.25) is 14.5 Å². The Morgan fingerprint density at radius 2 is 1.78 bits per heavy atom. The normalized spacial score (nSPS) is 16.3. The van der Waals surface area contributed by atoms with E-state index >= 15 is 0 Å². The molecule has 2 saturated heterocycles. The fourth-order valence-corrected chi connectivity index (χ4v) is 3.88. The molecule has 2 amide bonds. The predicted octanol–water partition coefficient (Wildman–Crippen LogP) is 0.498. The molecular formula is C22H39ClN4O5. The first kappa shape index (κ1) is 29.9. The van der Waals surface area contributed by atoms with E-state index in [0.29, 0.717) is 19.5 Å². The molecule has 1 aromatic carbocycles. The minimum absolute atomic E-state index is 0. The van der Waals surface area contributed by atoms with Crippen molar-refractivity contribution in [3.05, 3.63) is 24.3 Å². The maximum atomic E-state index is 12.1. The average Bonchev–Trinajstić information content (AvgIpc) is 2.75. The molecule has 0 aliphatic carbocycles. The van der Waals surface area contributed by atoms with Gasteiger partial charge >= 0.3 is 0 Å². The summed E-state index contributed by atoms with van der Waals surface area (Å²) in [5, 5.41) is 2.96. The Bertz CT molecular complexity index is 686. The topological polar surface area (TPSA) is 128 Å². The number of halogens is 1. The summed E-state index contributed by atoms with van der Waals surface area (Å²) in [5.41, 5.74) is 1.17. The Morgan fingerprint density at radius 3 is 2.47 bits per heavy atom. The molecule has 0 atom stereocenters. The summed E-state index contributed by atoms with van der Waals surface area (Å²) in [6.45, 7) is 9.03. The number of carbonyl (C=O) groups is 2. The van der Waals surface area contributed by atoms with Crippen LogP contribution in [0.3, 0.4) is 0 Å². The SMILES string of the molecule is CCCOc1ccccc1N1CCN(CCNC(=O)CN2CCCCC2=O)CC1.Cl.O.O. The molecule has 0 radical (unpaired) electrons. The lowest BCUT2D eigenvalue weighted by Crippen LogP contribution is -2.49. The summed E-state index contributed by atoms with van der Waals surface area (Å²) < 4.78 is 5.90. The van der Waals surface area contributed by atoms with Crippen molar-refractivity contribution in [3.8, 4) is 5.75 Å². The molecule has 2 heterocycles. The number of hydrogen-bond acceptors (Lipinski definition) is 5. The molecule has 0 unspecified atom stereocenters. The summed E-state index contributed by atoms with van der Waals surface area (Å²) >= 11 is 0. The molecule has 3 rings (SSSR count). The quantitative estimate of drug-likeness (QED) is 0.557. The lowest BCUT2D eigenvalue weighted by atomic mass is 10.1. The molecule has 2 fully saturated rings. The van der Waals surface area contributed by atoms with Gasteiger partial charge in [-0.2, -0.15) is 0 Å². The zero-order valence-corrected chi connectivity index (χ0v) is 19.8. The van der Waals surface area contributed by atoms with Crippen LogP contribution in [0.4, 0.5) is 5.69 Å². The minimum Gasteiger partial charge on any atom is -0.491 e. The number of nitrogens with one attached hydrogen (secondary N) is 1. The molecule has 32 heavy (non-hydrogen) atoms. The fourth-order valence-electron chi connectivity index (χ4n) is 3.88. The second-order valence-corrected chi connectivity index (χ2v) is 7.77. The maximum absolute atomic E-state index is 12.1. The second-order valence-electron chi connectivity index (χ2n) is 7.77. The molecule has 1 aromatic rings. The molecule has 0 bridgehead atoms. The van der Waals surface area contributed by atoms with Crippen molar-refractivity contribution in [2.24, 2.45) is 0 Å². The van der Waals surface area contributed by atoms with E-state index in [1.54, 1.807) is 4.90 Å². The Labute approximate surface area is 197 Å². The Kier molecular flexibility index (Phi) is 14.7. The van der Waals surface area contributed by atoms with E-state index in [-0.39, 0.29) is 41.7 Å². The number of likely N-dealkylation sites (tertiary alicyclic amines) is 1. The van der Waals surface area contributed by atoms with E-state index in [1.807, 2.05) is 12.1 Å². The van der Waals surface area contributed by atoms with Crippen LogP contribution in [-0.4, -0.2) is 91.5 Å². The molecule has 184 valence electrons. The fraction of sp³-hybridized carbons (Fsp3) is 0.636. The average molecular weight is 475 g/mol. The van der Waals surface area contributed by atoms with E-state index < -0.39 is 0 Å². The van der Waals surface area contributed by atoms with E-state index in [1.165, 1.54) is 5.69 Å². The predicted molar refractivity (Wildman–Crippen MR) is 129 cm³/mol. The first-order valence-electron chi connectivity index (χ1n) is 10.9. The van der Waals surface area contributed by atoms with Gasteiger partial charge in [-0.25, -0.2) is 0 Å². The Hall–Kier alpha value is -2.07. The van der Waals surface area contributed by atoms with Crippen molar-refractivity contribution in [2.45, 2.75) is 32.6 Å². The summed E-state index contributed by atoms with van der Waals surface area (Å²) in [7, 11) is 0. The third kappa shape index (κ3) is 8.82. The van der Waals surface area contributed by atoms with Gasteiger partial charge < -0.3 is 30.8 Å². The molecule has 2 aliphatic rings. The van der Waals surface area contributed by atoms with Crippen molar-refractivity contribution >= 4 is 29.9 Å². The molecular weight excluding hydrogens is 436 g/mol. The highest BCUT2D eigenvalue weighted by molar-refractivity contribution is 5.85. The highest BCUT2D eigenvalue weighted by Gasteiger charge is 2.21. The van der Waals surface area contributed by atoms with Crippen LogP contribution in [0.25, 0.3) is 0 Å². The summed E-state index contributed by atoms with van der Waals surface area (Å²) in [6.07, 6.45) is 3.51. The number of anilines is 1. The number of benzene rings is 1. The zero-order chi connectivity index (χ0) is 20.5. The van der Waals surface area contributed by atoms with Gasteiger partial charge in [-0.05, 0) is 31.4 Å². The molecule has 0 aromatic heterocycles. The monoisotopic (exact) mass is 474 g/mol. The number of rotatable bonds is 9. The van der Waals surface area contributed by atoms with Gasteiger partial charge in [0, 0.05) is 52.2 Å². The summed E-state index contributed by atoms with van der Waals surface area (Å²) in [5.74, 6) is 1.01. The van der Waals surface area contributed by atoms with Gasteiger partial charge in [0.25, 0.3) is 0 Å². The summed E-state index contributed by atoms with van der Waals surface area (Å²) in [6, 6.07) is 8.25. The lowest BCUT2D eigenvalue weighted by Gasteiger charge is -2.36. The highest BCUT2D eigenvalue weighted by Crippen LogP contribution is 2.28. The van der Waals surface area contributed by atoms with Crippen molar-refractivity contribution in [3.63, 3.8) is 0 Å². The molecule has 10 heteroatoms. The smallest absolute Gasteiger partial charge is 0.239 e. The Morgan fingerprint density at radius 1 is 1.06 bits per heavy atom. The van der Waals surface area contributed by atoms with Gasteiger partial charge in [-0.15, -0.1) is 12.4 Å². The van der Waals surface area contributed by atoms with Crippen molar-refractivity contribution in [1.82, 2.24) is 15.1 Å². The molecule has 2 aliphatic heterocycles. The number of nitrogens with zero attached hydrogens (tertiary/aromatic N) is 3. The number of piperazine rings is 1. The van der Waals surface area contributed by atoms with Crippen LogP contribution in [0.15, 0.2) is 24.3 Å². The molecule has 5 N–H and O–H groups in total. The van der Waals surface area contributed by atoms with E-state index in [4.69, 9.17) is 4.74 Å².